The lowest BCUT2D eigenvalue weighted by Gasteiger charge is -1.94. The molecule has 0 aliphatic heterocycles. The highest BCUT2D eigenvalue weighted by atomic mass is 16.4. The van der Waals surface area contributed by atoms with Crippen molar-refractivity contribution in [2.75, 3.05) is 0 Å². The number of nitrogens with zero attached hydrogens (tertiary/aromatic N) is 5. The monoisotopic (exact) mass is 219 g/mol. The topological polar surface area (TPSA) is 93.8 Å². The molecular weight excluding hydrogens is 210 g/mol. The Morgan fingerprint density at radius 3 is 3.06 bits per heavy atom. The summed E-state index contributed by atoms with van der Waals surface area (Å²) in [5.41, 5.74) is 0.691. The molecule has 16 heavy (non-hydrogen) atoms. The first-order valence-corrected chi connectivity index (χ1v) is 4.67. The number of rotatable bonds is 4. The van der Waals surface area contributed by atoms with Crippen LogP contribution in [0, 0.1) is 0 Å². The Morgan fingerprint density at radius 1 is 1.50 bits per heavy atom. The number of hydrogen-bond donors (Lipinski definition) is 1. The quantitative estimate of drug-likeness (QED) is 0.782. The fourth-order valence-electron chi connectivity index (χ4n) is 1.14. The number of aromatic nitrogens is 5. The van der Waals surface area contributed by atoms with Gasteiger partial charge in [0.25, 0.3) is 0 Å². The zero-order valence-electron chi connectivity index (χ0n) is 8.32. The van der Waals surface area contributed by atoms with Crippen LogP contribution in [0.1, 0.15) is 12.2 Å². The van der Waals surface area contributed by atoms with Crippen LogP contribution in [0.5, 0.6) is 0 Å². The number of carboxylic acid groups (broad SMARTS) is 1. The van der Waals surface area contributed by atoms with Crippen LogP contribution in [-0.4, -0.2) is 36.3 Å². The molecule has 0 unspecified atom stereocenters. The van der Waals surface area contributed by atoms with E-state index < -0.39 is 5.97 Å². The second-order valence-corrected chi connectivity index (χ2v) is 3.10. The summed E-state index contributed by atoms with van der Waals surface area (Å²) in [5.74, 6) is -0.469. The molecule has 0 aromatic carbocycles. The van der Waals surface area contributed by atoms with Crippen molar-refractivity contribution in [2.45, 2.75) is 12.8 Å². The minimum absolute atomic E-state index is 0.00126. The third-order valence-corrected chi connectivity index (χ3v) is 1.89. The average Bonchev–Trinajstić information content (AvgIpc) is 2.76. The summed E-state index contributed by atoms with van der Waals surface area (Å²) in [4.78, 5) is 15.6. The van der Waals surface area contributed by atoms with E-state index in [1.807, 2.05) is 0 Å². The first kappa shape index (κ1) is 10.2. The molecule has 0 atom stereocenters. The van der Waals surface area contributed by atoms with Gasteiger partial charge in [-0.3, -0.25) is 9.78 Å². The van der Waals surface area contributed by atoms with E-state index in [1.165, 1.54) is 4.80 Å². The smallest absolute Gasteiger partial charge is 0.303 e. The molecule has 2 aromatic rings. The molecule has 0 saturated heterocycles. The van der Waals surface area contributed by atoms with Crippen LogP contribution in [0.15, 0.2) is 24.5 Å². The van der Waals surface area contributed by atoms with Crippen molar-refractivity contribution < 1.29 is 9.90 Å². The predicted octanol–water partition coefficient (Wildman–Crippen LogP) is 0.0745. The van der Waals surface area contributed by atoms with Gasteiger partial charge in [0.2, 0.25) is 0 Å². The lowest BCUT2D eigenvalue weighted by atomic mass is 10.3. The molecule has 0 amide bonds. The SMILES string of the molecule is O=C(O)CCc1nnn(-c2cccnc2)n1. The molecule has 0 aliphatic rings. The summed E-state index contributed by atoms with van der Waals surface area (Å²) in [7, 11) is 0. The molecule has 1 N–H and O–H groups in total. The van der Waals surface area contributed by atoms with Gasteiger partial charge in [0.05, 0.1) is 12.6 Å². The highest BCUT2D eigenvalue weighted by molar-refractivity contribution is 5.66. The second kappa shape index (κ2) is 4.47. The molecule has 7 heteroatoms. The number of carboxylic acids is 1. The maximum atomic E-state index is 10.4. The Balaban J connectivity index is 2.11. The third kappa shape index (κ3) is 2.38. The Morgan fingerprint density at radius 2 is 2.38 bits per heavy atom. The molecule has 0 radical (unpaired) electrons. The maximum absolute atomic E-state index is 10.4. The molecule has 0 bridgehead atoms. The van der Waals surface area contributed by atoms with E-state index in [4.69, 9.17) is 5.11 Å². The van der Waals surface area contributed by atoms with Crippen LogP contribution in [0.25, 0.3) is 5.69 Å². The van der Waals surface area contributed by atoms with Crippen molar-refractivity contribution in [1.29, 1.82) is 0 Å². The Kier molecular flexibility index (Phi) is 2.86. The zero-order chi connectivity index (χ0) is 11.4. The number of hydrogen-bond acceptors (Lipinski definition) is 5. The number of aliphatic carboxylic acids is 1. The van der Waals surface area contributed by atoms with Crippen molar-refractivity contribution in [3.05, 3.63) is 30.4 Å². The molecule has 7 nitrogen and oxygen atoms in total. The minimum Gasteiger partial charge on any atom is -0.481 e. The van der Waals surface area contributed by atoms with Crippen molar-refractivity contribution in [1.82, 2.24) is 25.2 Å². The second-order valence-electron chi connectivity index (χ2n) is 3.10. The van der Waals surface area contributed by atoms with Gasteiger partial charge in [0.1, 0.15) is 5.69 Å². The summed E-state index contributed by atoms with van der Waals surface area (Å²) in [6.45, 7) is 0. The van der Waals surface area contributed by atoms with Gasteiger partial charge < -0.3 is 5.11 Å². The van der Waals surface area contributed by atoms with Crippen molar-refractivity contribution in [2.24, 2.45) is 0 Å². The molecule has 0 fully saturated rings. The van der Waals surface area contributed by atoms with E-state index in [0.717, 1.165) is 0 Å². The number of carbonyl (C=O) groups is 1. The fraction of sp³-hybridized carbons (Fsp3) is 0.222. The standard InChI is InChI=1S/C9H9N5O2/c15-9(16)4-3-8-11-13-14(12-8)7-2-1-5-10-6-7/h1-2,5-6H,3-4H2,(H,15,16). The van der Waals surface area contributed by atoms with Crippen LogP contribution >= 0.6 is 0 Å². The molecule has 2 heterocycles. The lowest BCUT2D eigenvalue weighted by Crippen LogP contribution is -2.01. The Hall–Kier alpha value is -2.31. The van der Waals surface area contributed by atoms with Gasteiger partial charge in [-0.1, -0.05) is 0 Å². The van der Waals surface area contributed by atoms with Crippen molar-refractivity contribution in [3.8, 4) is 5.69 Å². The van der Waals surface area contributed by atoms with Crippen LogP contribution in [0.2, 0.25) is 0 Å². The minimum atomic E-state index is -0.877. The fourth-order valence-corrected chi connectivity index (χ4v) is 1.14. The predicted molar refractivity (Wildman–Crippen MR) is 52.9 cm³/mol. The highest BCUT2D eigenvalue weighted by Crippen LogP contribution is 2.01. The van der Waals surface area contributed by atoms with Gasteiger partial charge in [-0.25, -0.2) is 0 Å². The average molecular weight is 219 g/mol. The van der Waals surface area contributed by atoms with Gasteiger partial charge in [-0.05, 0) is 17.3 Å². The molecule has 2 rings (SSSR count). The molecule has 2 aromatic heterocycles. The lowest BCUT2D eigenvalue weighted by molar-refractivity contribution is -0.137. The summed E-state index contributed by atoms with van der Waals surface area (Å²) in [5, 5.41) is 20.1. The van der Waals surface area contributed by atoms with Gasteiger partial charge in [-0.15, -0.1) is 15.0 Å². The van der Waals surface area contributed by atoms with Gasteiger partial charge in [-0.2, -0.15) is 0 Å². The number of pyridine rings is 1. The maximum Gasteiger partial charge on any atom is 0.303 e. The third-order valence-electron chi connectivity index (χ3n) is 1.89. The summed E-state index contributed by atoms with van der Waals surface area (Å²) in [6.07, 6.45) is 3.52. The van der Waals surface area contributed by atoms with Gasteiger partial charge in [0.15, 0.2) is 5.82 Å². The van der Waals surface area contributed by atoms with E-state index in [0.29, 0.717) is 11.5 Å². The van der Waals surface area contributed by atoms with E-state index >= 15 is 0 Å². The highest BCUT2D eigenvalue weighted by Gasteiger charge is 2.06. The first-order chi connectivity index (χ1) is 7.75. The van der Waals surface area contributed by atoms with Crippen molar-refractivity contribution >= 4 is 5.97 Å². The van der Waals surface area contributed by atoms with E-state index in [9.17, 15) is 4.79 Å². The van der Waals surface area contributed by atoms with Crippen LogP contribution in [0.3, 0.4) is 0 Å². The van der Waals surface area contributed by atoms with Crippen LogP contribution < -0.4 is 0 Å². The van der Waals surface area contributed by atoms with Crippen LogP contribution in [0.4, 0.5) is 0 Å². The number of tetrazole rings is 1. The summed E-state index contributed by atoms with van der Waals surface area (Å²) < 4.78 is 0. The molecular formula is C9H9N5O2. The molecule has 82 valence electrons. The van der Waals surface area contributed by atoms with E-state index in [2.05, 4.69) is 20.4 Å². The largest absolute Gasteiger partial charge is 0.481 e. The summed E-state index contributed by atoms with van der Waals surface area (Å²) in [6, 6.07) is 3.55. The van der Waals surface area contributed by atoms with Crippen molar-refractivity contribution in [3.63, 3.8) is 0 Å². The molecule has 0 spiro atoms. The first-order valence-electron chi connectivity index (χ1n) is 4.67. The number of aryl methyl sites for hydroxylation is 1. The molecule has 0 aliphatic carbocycles. The van der Waals surface area contributed by atoms with Gasteiger partial charge in [0, 0.05) is 12.6 Å². The zero-order valence-corrected chi connectivity index (χ0v) is 8.32. The summed E-state index contributed by atoms with van der Waals surface area (Å²) >= 11 is 0. The Labute approximate surface area is 90.7 Å². The van der Waals surface area contributed by atoms with Gasteiger partial charge >= 0.3 is 5.97 Å². The van der Waals surface area contributed by atoms with E-state index in [-0.39, 0.29) is 12.8 Å². The molecule has 0 saturated carbocycles. The van der Waals surface area contributed by atoms with Crippen LogP contribution in [-0.2, 0) is 11.2 Å². The Bertz CT molecular complexity index is 482. The normalized spacial score (nSPS) is 10.2. The van der Waals surface area contributed by atoms with E-state index in [1.54, 1.807) is 24.5 Å².